The van der Waals surface area contributed by atoms with E-state index in [4.69, 9.17) is 0 Å². The number of nitrogens with zero attached hydrogens (tertiary/aromatic N) is 1. The molecule has 0 unspecified atom stereocenters. The molecule has 2 aliphatic rings. The summed E-state index contributed by atoms with van der Waals surface area (Å²) in [7, 11) is 0. The Hall–Kier alpha value is -1.32. The maximum absolute atomic E-state index is 13.1. The van der Waals surface area contributed by atoms with E-state index in [0.29, 0.717) is 6.42 Å². The fourth-order valence-corrected chi connectivity index (χ4v) is 5.78. The lowest BCUT2D eigenvalue weighted by atomic mass is 9.93. The van der Waals surface area contributed by atoms with Crippen LogP contribution < -0.4 is 5.32 Å². The molecule has 3 amide bonds. The van der Waals surface area contributed by atoms with Crippen molar-refractivity contribution in [3.63, 3.8) is 0 Å². The molecule has 202 valence electrons. The molecule has 2 rings (SSSR count). The van der Waals surface area contributed by atoms with E-state index >= 15 is 0 Å². The van der Waals surface area contributed by atoms with Crippen LogP contribution in [0.15, 0.2) is 12.2 Å². The maximum Gasteiger partial charge on any atom is 0.324 e. The van der Waals surface area contributed by atoms with Crippen LogP contribution in [-0.4, -0.2) is 28.9 Å². The minimum Gasteiger partial charge on any atom is -0.335 e. The van der Waals surface area contributed by atoms with Crippen LogP contribution in [0.5, 0.6) is 0 Å². The lowest BCUT2D eigenvalue weighted by molar-refractivity contribution is -0.130. The van der Waals surface area contributed by atoms with Crippen LogP contribution in [0.3, 0.4) is 0 Å². The third-order valence-corrected chi connectivity index (χ3v) is 8.01. The Morgan fingerprint density at radius 2 is 1.20 bits per heavy atom. The van der Waals surface area contributed by atoms with Gasteiger partial charge in [0.2, 0.25) is 5.91 Å². The molecule has 0 aromatic carbocycles. The van der Waals surface area contributed by atoms with E-state index < -0.39 is 0 Å². The van der Waals surface area contributed by atoms with E-state index in [9.17, 15) is 9.59 Å². The van der Waals surface area contributed by atoms with Gasteiger partial charge in [-0.25, -0.2) is 4.79 Å². The van der Waals surface area contributed by atoms with Gasteiger partial charge in [-0.2, -0.15) is 0 Å². The van der Waals surface area contributed by atoms with E-state index in [1.165, 1.54) is 96.3 Å². The van der Waals surface area contributed by atoms with Gasteiger partial charge in [0.25, 0.3) is 0 Å². The van der Waals surface area contributed by atoms with Crippen molar-refractivity contribution in [1.82, 2.24) is 10.2 Å². The average molecular weight is 489 g/mol. The molecule has 0 saturated heterocycles. The highest BCUT2D eigenvalue weighted by Crippen LogP contribution is 2.25. The van der Waals surface area contributed by atoms with Crippen LogP contribution in [0.25, 0.3) is 0 Å². The normalized spacial score (nSPS) is 17.6. The Balaban J connectivity index is 1.57. The van der Waals surface area contributed by atoms with Crippen molar-refractivity contribution in [3.05, 3.63) is 12.2 Å². The monoisotopic (exact) mass is 488 g/mol. The summed E-state index contributed by atoms with van der Waals surface area (Å²) >= 11 is 0. The van der Waals surface area contributed by atoms with Gasteiger partial charge in [-0.3, -0.25) is 9.69 Å². The number of nitrogens with one attached hydrogen (secondary N) is 1. The molecule has 0 heterocycles. The summed E-state index contributed by atoms with van der Waals surface area (Å²) in [4.78, 5) is 27.9. The zero-order valence-electron chi connectivity index (χ0n) is 23.0. The van der Waals surface area contributed by atoms with Gasteiger partial charge >= 0.3 is 6.03 Å². The van der Waals surface area contributed by atoms with Crippen LogP contribution in [-0.2, 0) is 4.79 Å². The number of amides is 3. The van der Waals surface area contributed by atoms with Gasteiger partial charge in [0.1, 0.15) is 0 Å². The Kier molecular flexibility index (Phi) is 16.9. The molecule has 0 bridgehead atoms. The fraction of sp³-hybridized carbons (Fsp3) is 0.871. The van der Waals surface area contributed by atoms with Gasteiger partial charge in [-0.1, -0.05) is 109 Å². The Morgan fingerprint density at radius 1 is 0.686 bits per heavy atom. The van der Waals surface area contributed by atoms with Crippen molar-refractivity contribution < 1.29 is 9.59 Å². The first-order valence-electron chi connectivity index (χ1n) is 15.5. The van der Waals surface area contributed by atoms with Crippen LogP contribution in [0.4, 0.5) is 4.79 Å². The molecule has 4 nitrogen and oxygen atoms in total. The van der Waals surface area contributed by atoms with Gasteiger partial charge in [-0.05, 0) is 57.8 Å². The second-order valence-corrected chi connectivity index (χ2v) is 11.2. The second kappa shape index (κ2) is 19.8. The smallest absolute Gasteiger partial charge is 0.324 e. The van der Waals surface area contributed by atoms with Crippen molar-refractivity contribution >= 4 is 11.9 Å². The van der Waals surface area contributed by atoms with Crippen LogP contribution in [0.1, 0.15) is 161 Å². The minimum atomic E-state index is -0.110. The largest absolute Gasteiger partial charge is 0.335 e. The number of unbranched alkanes of at least 4 members (excludes halogenated alkanes) is 11. The number of hydrogen-bond acceptors (Lipinski definition) is 2. The predicted octanol–water partition coefficient (Wildman–Crippen LogP) is 9.23. The number of imide groups is 1. The first kappa shape index (κ1) is 29.9. The number of hydrogen-bond donors (Lipinski definition) is 1. The lowest BCUT2D eigenvalue weighted by Gasteiger charge is -2.34. The summed E-state index contributed by atoms with van der Waals surface area (Å²) in [6.45, 7) is 2.27. The van der Waals surface area contributed by atoms with Crippen molar-refractivity contribution in [2.45, 2.75) is 173 Å². The number of rotatable bonds is 17. The molecule has 0 aromatic heterocycles. The van der Waals surface area contributed by atoms with Crippen molar-refractivity contribution in [3.8, 4) is 0 Å². The topological polar surface area (TPSA) is 49.4 Å². The Morgan fingerprint density at radius 3 is 1.80 bits per heavy atom. The number of allylic oxidation sites excluding steroid dienone is 2. The van der Waals surface area contributed by atoms with E-state index in [1.54, 1.807) is 4.90 Å². The number of carbonyl (C=O) groups is 2. The summed E-state index contributed by atoms with van der Waals surface area (Å²) in [5.74, 6) is 0.0582. The third-order valence-electron chi connectivity index (χ3n) is 8.01. The van der Waals surface area contributed by atoms with E-state index in [2.05, 4.69) is 24.4 Å². The van der Waals surface area contributed by atoms with E-state index in [1.807, 2.05) is 0 Å². The zero-order chi connectivity index (χ0) is 25.0. The summed E-state index contributed by atoms with van der Waals surface area (Å²) < 4.78 is 0. The average Bonchev–Trinajstić information content (AvgIpc) is 2.88. The van der Waals surface area contributed by atoms with Gasteiger partial charge in [-0.15, -0.1) is 0 Å². The highest BCUT2D eigenvalue weighted by atomic mass is 16.2. The zero-order valence-corrected chi connectivity index (χ0v) is 23.0. The predicted molar refractivity (Wildman–Crippen MR) is 149 cm³/mol. The molecule has 0 spiro atoms. The second-order valence-electron chi connectivity index (χ2n) is 11.2. The van der Waals surface area contributed by atoms with Crippen LogP contribution >= 0.6 is 0 Å². The van der Waals surface area contributed by atoms with E-state index in [0.717, 1.165) is 51.4 Å². The quantitative estimate of drug-likeness (QED) is 0.164. The Labute approximate surface area is 217 Å². The maximum atomic E-state index is 13.1. The summed E-state index contributed by atoms with van der Waals surface area (Å²) in [5.41, 5.74) is 0. The molecule has 1 N–H and O–H groups in total. The first-order valence-corrected chi connectivity index (χ1v) is 15.5. The lowest BCUT2D eigenvalue weighted by Crippen LogP contribution is -2.52. The molecular formula is C31H56N2O2. The molecule has 0 atom stereocenters. The molecule has 0 aromatic rings. The highest BCUT2D eigenvalue weighted by Gasteiger charge is 2.31. The molecule has 2 aliphatic carbocycles. The van der Waals surface area contributed by atoms with Gasteiger partial charge in [0, 0.05) is 18.5 Å². The van der Waals surface area contributed by atoms with Crippen molar-refractivity contribution in [2.75, 3.05) is 0 Å². The molecular weight excluding hydrogens is 432 g/mol. The third kappa shape index (κ3) is 13.5. The molecule has 35 heavy (non-hydrogen) atoms. The van der Waals surface area contributed by atoms with Gasteiger partial charge < -0.3 is 5.32 Å². The first-order chi connectivity index (χ1) is 17.2. The summed E-state index contributed by atoms with van der Waals surface area (Å²) in [5, 5.41) is 3.21. The van der Waals surface area contributed by atoms with E-state index in [-0.39, 0.29) is 24.0 Å². The van der Waals surface area contributed by atoms with Crippen molar-refractivity contribution in [1.29, 1.82) is 0 Å². The summed E-state index contributed by atoms with van der Waals surface area (Å²) in [6, 6.07) is 0.263. The number of urea groups is 1. The number of carbonyl (C=O) groups excluding carboxylic acids is 2. The SMILES string of the molecule is CCCCCCCC/C=C/CCCCCCCC(=O)N(C(=O)NC1CCCCC1)C1CCCCC1. The molecule has 0 aliphatic heterocycles. The van der Waals surface area contributed by atoms with Gasteiger partial charge in [0.05, 0.1) is 0 Å². The molecule has 4 heteroatoms. The molecule has 2 saturated carbocycles. The van der Waals surface area contributed by atoms with Gasteiger partial charge in [0.15, 0.2) is 0 Å². The van der Waals surface area contributed by atoms with Crippen molar-refractivity contribution in [2.24, 2.45) is 0 Å². The fourth-order valence-electron chi connectivity index (χ4n) is 5.78. The standard InChI is InChI=1S/C31H56N2O2/c1-2-3-4-5-6-7-8-9-10-11-12-13-14-15-22-27-30(34)33(29-25-20-17-21-26-29)31(35)32-28-23-18-16-19-24-28/h9-10,28-29H,2-8,11-27H2,1H3,(H,32,35)/b10-9+. The Bertz CT molecular complexity index is 577. The highest BCUT2D eigenvalue weighted by molar-refractivity contribution is 5.95. The molecule has 0 radical (unpaired) electrons. The van der Waals surface area contributed by atoms with Crippen LogP contribution in [0.2, 0.25) is 0 Å². The summed E-state index contributed by atoms with van der Waals surface area (Å²) in [6.07, 6.45) is 32.8. The van der Waals surface area contributed by atoms with Crippen LogP contribution in [0, 0.1) is 0 Å². The minimum absolute atomic E-state index is 0.0582. The molecule has 2 fully saturated rings.